The van der Waals surface area contributed by atoms with Gasteiger partial charge in [0.1, 0.15) is 18.2 Å². The van der Waals surface area contributed by atoms with Gasteiger partial charge in [0.2, 0.25) is 5.89 Å². The minimum absolute atomic E-state index is 0.0306. The first kappa shape index (κ1) is 16.1. The second-order valence-electron chi connectivity index (χ2n) is 7.14. The van der Waals surface area contributed by atoms with Crippen molar-refractivity contribution in [3.05, 3.63) is 30.0 Å². The van der Waals surface area contributed by atoms with Crippen LogP contribution in [0.1, 0.15) is 57.3 Å². The SMILES string of the molecule is C[C@@H](c1ncc(C(C)(C)C)o1)N1CCO[C@@H](c2nncn2C)C1. The van der Waals surface area contributed by atoms with Gasteiger partial charge in [-0.05, 0) is 6.92 Å². The zero-order valence-corrected chi connectivity index (χ0v) is 14.5. The molecule has 0 saturated carbocycles. The summed E-state index contributed by atoms with van der Waals surface area (Å²) in [6.45, 7) is 10.8. The highest BCUT2D eigenvalue weighted by atomic mass is 16.5. The summed E-state index contributed by atoms with van der Waals surface area (Å²) in [7, 11) is 1.94. The molecule has 7 heteroatoms. The molecule has 3 heterocycles. The summed E-state index contributed by atoms with van der Waals surface area (Å²) >= 11 is 0. The van der Waals surface area contributed by atoms with E-state index in [4.69, 9.17) is 9.15 Å². The van der Waals surface area contributed by atoms with Crippen molar-refractivity contribution >= 4 is 0 Å². The molecule has 0 aromatic carbocycles. The standard InChI is InChI=1S/C16H25N5O2/c1-11(15-17-8-13(23-15)16(2,3)4)21-6-7-22-12(9-21)14-19-18-10-20(14)5/h8,10-12H,6-7,9H2,1-5H3/t11-,12+/m0/s1. The van der Waals surface area contributed by atoms with Crippen LogP contribution in [0.2, 0.25) is 0 Å². The molecule has 1 aliphatic heterocycles. The Hall–Kier alpha value is -1.73. The van der Waals surface area contributed by atoms with Crippen LogP contribution >= 0.6 is 0 Å². The number of morpholine rings is 1. The lowest BCUT2D eigenvalue weighted by molar-refractivity contribution is -0.0516. The summed E-state index contributed by atoms with van der Waals surface area (Å²) < 4.78 is 13.8. The molecule has 0 radical (unpaired) electrons. The van der Waals surface area contributed by atoms with E-state index in [2.05, 4.69) is 47.8 Å². The molecule has 2 atom stereocenters. The van der Waals surface area contributed by atoms with Crippen LogP contribution in [-0.2, 0) is 17.2 Å². The van der Waals surface area contributed by atoms with Crippen molar-refractivity contribution in [1.82, 2.24) is 24.6 Å². The Kier molecular flexibility index (Phi) is 4.25. The predicted molar refractivity (Wildman–Crippen MR) is 84.9 cm³/mol. The fourth-order valence-electron chi connectivity index (χ4n) is 2.74. The number of rotatable bonds is 3. The average Bonchev–Trinajstić information content (AvgIpc) is 3.15. The molecule has 0 amide bonds. The first-order valence-corrected chi connectivity index (χ1v) is 8.02. The summed E-state index contributed by atoms with van der Waals surface area (Å²) in [6, 6.07) is 0.103. The van der Waals surface area contributed by atoms with E-state index in [0.717, 1.165) is 30.6 Å². The van der Waals surface area contributed by atoms with E-state index in [1.807, 2.05) is 17.8 Å². The summed E-state index contributed by atoms with van der Waals surface area (Å²) in [5.41, 5.74) is -0.0306. The number of hydrogen-bond donors (Lipinski definition) is 0. The van der Waals surface area contributed by atoms with Gasteiger partial charge in [0.05, 0.1) is 18.8 Å². The molecule has 0 aliphatic carbocycles. The van der Waals surface area contributed by atoms with Crippen LogP contribution in [0.4, 0.5) is 0 Å². The van der Waals surface area contributed by atoms with Crippen LogP contribution in [0.25, 0.3) is 0 Å². The molecule has 0 spiro atoms. The van der Waals surface area contributed by atoms with Crippen LogP contribution in [0.15, 0.2) is 16.9 Å². The molecule has 1 fully saturated rings. The van der Waals surface area contributed by atoms with Crippen LogP contribution in [0.5, 0.6) is 0 Å². The lowest BCUT2D eigenvalue weighted by Crippen LogP contribution is -2.40. The maximum Gasteiger partial charge on any atom is 0.211 e. The number of oxazole rings is 1. The zero-order valence-electron chi connectivity index (χ0n) is 14.5. The number of aryl methyl sites for hydroxylation is 1. The second kappa shape index (κ2) is 6.05. The smallest absolute Gasteiger partial charge is 0.211 e. The van der Waals surface area contributed by atoms with E-state index < -0.39 is 0 Å². The maximum atomic E-state index is 5.99. The Balaban J connectivity index is 1.73. The topological polar surface area (TPSA) is 69.2 Å². The summed E-state index contributed by atoms with van der Waals surface area (Å²) in [5, 5.41) is 8.10. The molecular weight excluding hydrogens is 294 g/mol. The van der Waals surface area contributed by atoms with Gasteiger partial charge in [-0.15, -0.1) is 10.2 Å². The van der Waals surface area contributed by atoms with E-state index in [1.165, 1.54) is 0 Å². The van der Waals surface area contributed by atoms with Gasteiger partial charge < -0.3 is 13.7 Å². The summed E-state index contributed by atoms with van der Waals surface area (Å²) in [5.74, 6) is 2.52. The Morgan fingerprint density at radius 3 is 2.74 bits per heavy atom. The fraction of sp³-hybridized carbons (Fsp3) is 0.688. The van der Waals surface area contributed by atoms with Gasteiger partial charge in [-0.3, -0.25) is 4.90 Å². The zero-order chi connectivity index (χ0) is 16.6. The molecule has 0 bridgehead atoms. The molecule has 1 saturated heterocycles. The number of ether oxygens (including phenoxy) is 1. The molecule has 7 nitrogen and oxygen atoms in total. The van der Waals surface area contributed by atoms with Crippen LogP contribution in [0, 0.1) is 0 Å². The third kappa shape index (κ3) is 3.30. The minimum Gasteiger partial charge on any atom is -0.443 e. The Bertz CT molecular complexity index is 657. The van der Waals surface area contributed by atoms with Crippen molar-refractivity contribution in [2.75, 3.05) is 19.7 Å². The van der Waals surface area contributed by atoms with E-state index in [0.29, 0.717) is 6.61 Å². The second-order valence-corrected chi connectivity index (χ2v) is 7.14. The number of hydrogen-bond acceptors (Lipinski definition) is 6. The Morgan fingerprint density at radius 1 is 1.35 bits per heavy atom. The normalized spacial score (nSPS) is 21.5. The third-order valence-electron chi connectivity index (χ3n) is 4.30. The minimum atomic E-state index is -0.0734. The highest BCUT2D eigenvalue weighted by Crippen LogP contribution is 2.30. The van der Waals surface area contributed by atoms with Gasteiger partial charge >= 0.3 is 0 Å². The van der Waals surface area contributed by atoms with Gasteiger partial charge in [0.25, 0.3) is 0 Å². The van der Waals surface area contributed by atoms with Gasteiger partial charge in [-0.2, -0.15) is 0 Å². The highest BCUT2D eigenvalue weighted by Gasteiger charge is 2.31. The van der Waals surface area contributed by atoms with E-state index >= 15 is 0 Å². The first-order valence-electron chi connectivity index (χ1n) is 8.02. The quantitative estimate of drug-likeness (QED) is 0.864. The van der Waals surface area contributed by atoms with Crippen molar-refractivity contribution in [1.29, 1.82) is 0 Å². The van der Waals surface area contributed by atoms with Crippen molar-refractivity contribution in [2.24, 2.45) is 7.05 Å². The Morgan fingerprint density at radius 2 is 2.13 bits per heavy atom. The summed E-state index contributed by atoms with van der Waals surface area (Å²) in [6.07, 6.45) is 3.47. The largest absolute Gasteiger partial charge is 0.443 e. The van der Waals surface area contributed by atoms with Crippen LogP contribution in [0.3, 0.4) is 0 Å². The van der Waals surface area contributed by atoms with Crippen molar-refractivity contribution in [2.45, 2.75) is 45.3 Å². The number of nitrogens with zero attached hydrogens (tertiary/aromatic N) is 5. The lowest BCUT2D eigenvalue weighted by Gasteiger charge is -2.35. The molecular formula is C16H25N5O2. The van der Waals surface area contributed by atoms with Crippen molar-refractivity contribution in [3.8, 4) is 0 Å². The maximum absolute atomic E-state index is 5.99. The summed E-state index contributed by atoms with van der Waals surface area (Å²) in [4.78, 5) is 6.80. The molecule has 126 valence electrons. The monoisotopic (exact) mass is 319 g/mol. The predicted octanol–water partition coefficient (Wildman–Crippen LogP) is 2.24. The van der Waals surface area contributed by atoms with Gasteiger partial charge in [0, 0.05) is 25.6 Å². The molecule has 0 N–H and O–H groups in total. The van der Waals surface area contributed by atoms with Crippen molar-refractivity contribution in [3.63, 3.8) is 0 Å². The third-order valence-corrected chi connectivity index (χ3v) is 4.30. The average molecular weight is 319 g/mol. The lowest BCUT2D eigenvalue weighted by atomic mass is 9.94. The highest BCUT2D eigenvalue weighted by molar-refractivity contribution is 5.08. The molecule has 2 aromatic rings. The van der Waals surface area contributed by atoms with Gasteiger partial charge in [-0.1, -0.05) is 20.8 Å². The van der Waals surface area contributed by atoms with Gasteiger partial charge in [-0.25, -0.2) is 4.98 Å². The number of aromatic nitrogens is 4. The molecule has 3 rings (SSSR count). The Labute approximate surface area is 136 Å². The first-order chi connectivity index (χ1) is 10.9. The van der Waals surface area contributed by atoms with E-state index in [-0.39, 0.29) is 17.6 Å². The van der Waals surface area contributed by atoms with E-state index in [1.54, 1.807) is 6.33 Å². The van der Waals surface area contributed by atoms with Crippen LogP contribution < -0.4 is 0 Å². The fourth-order valence-corrected chi connectivity index (χ4v) is 2.74. The van der Waals surface area contributed by atoms with Crippen LogP contribution in [-0.4, -0.2) is 44.3 Å². The van der Waals surface area contributed by atoms with Crippen molar-refractivity contribution < 1.29 is 9.15 Å². The molecule has 2 aromatic heterocycles. The molecule has 0 unspecified atom stereocenters. The molecule has 23 heavy (non-hydrogen) atoms. The molecule has 1 aliphatic rings. The van der Waals surface area contributed by atoms with E-state index in [9.17, 15) is 0 Å². The van der Waals surface area contributed by atoms with Gasteiger partial charge in [0.15, 0.2) is 5.82 Å².